The van der Waals surface area contributed by atoms with E-state index in [0.717, 1.165) is 6.54 Å². The molecule has 1 aliphatic rings. The highest BCUT2D eigenvalue weighted by Crippen LogP contribution is 2.31. The van der Waals surface area contributed by atoms with Crippen molar-refractivity contribution in [3.8, 4) is 5.75 Å². The van der Waals surface area contributed by atoms with Gasteiger partial charge in [-0.3, -0.25) is 9.69 Å². The number of amides is 1. The lowest BCUT2D eigenvalue weighted by Crippen LogP contribution is -2.48. The number of sulfonamides is 1. The lowest BCUT2D eigenvalue weighted by Gasteiger charge is -2.34. The second kappa shape index (κ2) is 9.58. The molecule has 0 unspecified atom stereocenters. The molecule has 0 spiro atoms. The molecule has 170 valence electrons. The van der Waals surface area contributed by atoms with Crippen molar-refractivity contribution in [2.75, 3.05) is 38.1 Å². The quantitative estimate of drug-likeness (QED) is 0.565. The molecule has 1 amide bonds. The Balaban J connectivity index is 1.49. The summed E-state index contributed by atoms with van der Waals surface area (Å²) in [6, 6.07) is 13.1. The summed E-state index contributed by atoms with van der Waals surface area (Å²) in [6.07, 6.45) is 0. The minimum absolute atomic E-state index is 0.0860. The van der Waals surface area contributed by atoms with Crippen LogP contribution in [0.5, 0.6) is 5.75 Å². The smallest absolute Gasteiger partial charge is 0.246 e. The second-order valence-electron chi connectivity index (χ2n) is 7.71. The summed E-state index contributed by atoms with van der Waals surface area (Å²) in [6.45, 7) is 6.47. The first-order chi connectivity index (χ1) is 15.4. The average Bonchev–Trinajstić information content (AvgIpc) is 3.18. The highest BCUT2D eigenvalue weighted by atomic mass is 32.2. The van der Waals surface area contributed by atoms with Crippen LogP contribution in [0.15, 0.2) is 52.7 Å². The number of carbonyl (C=O) groups excluding carboxylic acids is 1. The van der Waals surface area contributed by atoms with E-state index < -0.39 is 10.0 Å². The molecule has 4 rings (SSSR count). The summed E-state index contributed by atoms with van der Waals surface area (Å²) >= 11 is 1.74. The number of nitrogens with zero attached hydrogens (tertiary/aromatic N) is 2. The van der Waals surface area contributed by atoms with Crippen molar-refractivity contribution >= 4 is 43.0 Å². The first-order valence-corrected chi connectivity index (χ1v) is 12.9. The van der Waals surface area contributed by atoms with E-state index in [4.69, 9.17) is 4.74 Å². The predicted molar refractivity (Wildman–Crippen MR) is 128 cm³/mol. The number of carbonyl (C=O) groups is 1. The molecule has 9 heteroatoms. The van der Waals surface area contributed by atoms with Crippen LogP contribution in [0.2, 0.25) is 0 Å². The molecule has 7 nitrogen and oxygen atoms in total. The first kappa shape index (κ1) is 22.7. The topological polar surface area (TPSA) is 78.9 Å². The molecule has 0 bridgehead atoms. The third kappa shape index (κ3) is 4.80. The van der Waals surface area contributed by atoms with Gasteiger partial charge in [-0.15, -0.1) is 11.3 Å². The van der Waals surface area contributed by atoms with Gasteiger partial charge in [0.1, 0.15) is 10.6 Å². The molecule has 0 radical (unpaired) electrons. The van der Waals surface area contributed by atoms with Crippen molar-refractivity contribution < 1.29 is 17.9 Å². The van der Waals surface area contributed by atoms with Crippen LogP contribution in [0, 0.1) is 0 Å². The van der Waals surface area contributed by atoms with Gasteiger partial charge in [0.05, 0.1) is 6.61 Å². The van der Waals surface area contributed by atoms with Crippen molar-refractivity contribution in [1.82, 2.24) is 9.21 Å². The molecule has 1 fully saturated rings. The molecule has 1 saturated heterocycles. The zero-order chi connectivity index (χ0) is 22.7. The zero-order valence-electron chi connectivity index (χ0n) is 18.2. The second-order valence-corrected chi connectivity index (χ2v) is 10.5. The number of hydrogen-bond acceptors (Lipinski definition) is 6. The van der Waals surface area contributed by atoms with Crippen LogP contribution in [0.3, 0.4) is 0 Å². The van der Waals surface area contributed by atoms with E-state index in [1.165, 1.54) is 32.9 Å². The fourth-order valence-corrected chi connectivity index (χ4v) is 6.46. The van der Waals surface area contributed by atoms with E-state index in [1.807, 2.05) is 19.1 Å². The lowest BCUT2D eigenvalue weighted by molar-refractivity contribution is -0.114. The number of rotatable bonds is 7. The lowest BCUT2D eigenvalue weighted by atomic mass is 10.1. The van der Waals surface area contributed by atoms with E-state index >= 15 is 0 Å². The monoisotopic (exact) mass is 473 g/mol. The van der Waals surface area contributed by atoms with Gasteiger partial charge in [-0.2, -0.15) is 4.31 Å². The number of piperazine rings is 1. The number of hydrogen-bond donors (Lipinski definition) is 1. The van der Waals surface area contributed by atoms with Crippen molar-refractivity contribution in [3.63, 3.8) is 0 Å². The van der Waals surface area contributed by atoms with Crippen LogP contribution in [0.1, 0.15) is 19.4 Å². The molecule has 0 aliphatic carbocycles. The minimum Gasteiger partial charge on any atom is -0.492 e. The van der Waals surface area contributed by atoms with Crippen LogP contribution < -0.4 is 10.1 Å². The molecular weight excluding hydrogens is 446 g/mol. The fourth-order valence-electron chi connectivity index (χ4n) is 3.93. The Morgan fingerprint density at radius 2 is 1.88 bits per heavy atom. The normalized spacial score (nSPS) is 15.7. The maximum Gasteiger partial charge on any atom is 0.246 e. The summed E-state index contributed by atoms with van der Waals surface area (Å²) < 4.78 is 35.2. The standard InChI is InChI=1S/C23H27N3O4S2/c1-3-30-21-9-8-19(24-17(2)27)14-23(21)32(28,29)26-12-10-25(11-13-26)15-18-16-31-22-7-5-4-6-20(18)22/h4-9,14,16H,3,10-13,15H2,1-2H3,(H,24,27). The Morgan fingerprint density at radius 3 is 2.59 bits per heavy atom. The van der Waals surface area contributed by atoms with Crippen LogP contribution in [0.25, 0.3) is 10.1 Å². The van der Waals surface area contributed by atoms with Crippen molar-refractivity contribution in [1.29, 1.82) is 0 Å². The molecule has 3 aromatic rings. The number of nitrogens with one attached hydrogen (secondary N) is 1. The van der Waals surface area contributed by atoms with E-state index in [-0.39, 0.29) is 10.8 Å². The van der Waals surface area contributed by atoms with E-state index in [1.54, 1.807) is 23.5 Å². The Hall–Kier alpha value is -2.46. The van der Waals surface area contributed by atoms with E-state index in [9.17, 15) is 13.2 Å². The Labute approximate surface area is 192 Å². The van der Waals surface area contributed by atoms with Crippen molar-refractivity contribution in [2.45, 2.75) is 25.3 Å². The van der Waals surface area contributed by atoms with Gasteiger partial charge in [-0.1, -0.05) is 18.2 Å². The van der Waals surface area contributed by atoms with Gasteiger partial charge >= 0.3 is 0 Å². The van der Waals surface area contributed by atoms with E-state index in [0.29, 0.717) is 44.2 Å². The predicted octanol–water partition coefficient (Wildman–Crippen LogP) is 3.76. The highest BCUT2D eigenvalue weighted by molar-refractivity contribution is 7.89. The van der Waals surface area contributed by atoms with Crippen molar-refractivity contribution in [2.24, 2.45) is 0 Å². The molecule has 2 aromatic carbocycles. The summed E-state index contributed by atoms with van der Waals surface area (Å²) in [5, 5.41) is 6.11. The zero-order valence-corrected chi connectivity index (χ0v) is 19.8. The van der Waals surface area contributed by atoms with Crippen molar-refractivity contribution in [3.05, 3.63) is 53.4 Å². The summed E-state index contributed by atoms with van der Waals surface area (Å²) in [5.41, 5.74) is 1.71. The highest BCUT2D eigenvalue weighted by Gasteiger charge is 2.31. The van der Waals surface area contributed by atoms with Gasteiger partial charge in [0.25, 0.3) is 0 Å². The molecule has 32 heavy (non-hydrogen) atoms. The van der Waals surface area contributed by atoms with Crippen LogP contribution in [-0.4, -0.2) is 56.3 Å². The maximum atomic E-state index is 13.4. The van der Waals surface area contributed by atoms with Crippen LogP contribution >= 0.6 is 11.3 Å². The average molecular weight is 474 g/mol. The molecule has 1 N–H and O–H groups in total. The summed E-state index contributed by atoms with van der Waals surface area (Å²) in [5.74, 6) is 0.0425. The fraction of sp³-hybridized carbons (Fsp3) is 0.348. The molecule has 0 atom stereocenters. The van der Waals surface area contributed by atoms with Crippen LogP contribution in [-0.2, 0) is 21.4 Å². The first-order valence-electron chi connectivity index (χ1n) is 10.6. The molecule has 1 aromatic heterocycles. The number of anilines is 1. The molecular formula is C23H27N3O4S2. The molecule has 1 aliphatic heterocycles. The largest absolute Gasteiger partial charge is 0.492 e. The number of benzene rings is 2. The van der Waals surface area contributed by atoms with E-state index in [2.05, 4.69) is 27.7 Å². The Morgan fingerprint density at radius 1 is 1.12 bits per heavy atom. The van der Waals surface area contributed by atoms with Gasteiger partial charge < -0.3 is 10.1 Å². The van der Waals surface area contributed by atoms with Gasteiger partial charge in [0.2, 0.25) is 15.9 Å². The third-order valence-electron chi connectivity index (χ3n) is 5.47. The Bertz CT molecular complexity index is 1210. The van der Waals surface area contributed by atoms with Gasteiger partial charge in [0, 0.05) is 50.0 Å². The number of thiophene rings is 1. The Kier molecular flexibility index (Phi) is 6.80. The number of ether oxygens (including phenoxy) is 1. The van der Waals surface area contributed by atoms with Gasteiger partial charge in [0.15, 0.2) is 0 Å². The summed E-state index contributed by atoms with van der Waals surface area (Å²) in [7, 11) is -3.76. The van der Waals surface area contributed by atoms with Crippen LogP contribution in [0.4, 0.5) is 5.69 Å². The molecule has 2 heterocycles. The molecule has 0 saturated carbocycles. The SMILES string of the molecule is CCOc1ccc(NC(C)=O)cc1S(=O)(=O)N1CCN(Cc2csc3ccccc23)CC1. The number of fused-ring (bicyclic) bond motifs is 1. The maximum absolute atomic E-state index is 13.4. The summed E-state index contributed by atoms with van der Waals surface area (Å²) in [4.78, 5) is 13.8. The van der Waals surface area contributed by atoms with Gasteiger partial charge in [-0.05, 0) is 47.5 Å². The van der Waals surface area contributed by atoms with Gasteiger partial charge in [-0.25, -0.2) is 8.42 Å². The minimum atomic E-state index is -3.76. The third-order valence-corrected chi connectivity index (χ3v) is 8.40.